The van der Waals surface area contributed by atoms with Crippen molar-refractivity contribution in [1.29, 1.82) is 0 Å². The first kappa shape index (κ1) is 32.8. The molecule has 2 atom stereocenters. The first-order chi connectivity index (χ1) is 21.9. The molecule has 3 amide bonds. The van der Waals surface area contributed by atoms with Gasteiger partial charge in [-0.15, -0.1) is 0 Å². The Balaban J connectivity index is 1.36. The van der Waals surface area contributed by atoms with Gasteiger partial charge in [0.15, 0.2) is 0 Å². The summed E-state index contributed by atoms with van der Waals surface area (Å²) >= 11 is 0. The van der Waals surface area contributed by atoms with Gasteiger partial charge in [-0.2, -0.15) is 0 Å². The molecular weight excluding hydrogens is 566 g/mol. The Morgan fingerprint density at radius 3 is 1.84 bits per heavy atom. The van der Waals surface area contributed by atoms with E-state index in [2.05, 4.69) is 22.8 Å². The molecule has 0 heterocycles. The maximum Gasteiger partial charge on any atom is 0.410 e. The zero-order chi connectivity index (χ0) is 31.9. The lowest BCUT2D eigenvalue weighted by Crippen LogP contribution is -2.54. The highest BCUT2D eigenvalue weighted by atomic mass is 16.6. The van der Waals surface area contributed by atoms with Crippen LogP contribution in [0.5, 0.6) is 5.75 Å². The van der Waals surface area contributed by atoms with Crippen LogP contribution < -0.4 is 15.4 Å². The van der Waals surface area contributed by atoms with Crippen molar-refractivity contribution < 1.29 is 23.9 Å². The third-order valence-electron chi connectivity index (χ3n) is 7.40. The molecule has 8 heteroatoms. The standard InChI is InChI=1S/C37H41N3O5/c1-28(35(41)38-24-12-19-29-13-6-3-7-14-29)39-36(42)34(40(2)37(43)45-27-32-17-10-5-11-18-32)25-30-20-22-33(23-21-30)44-26-31-15-8-4-9-16-31/h3-11,13-18,20-23,28,34H,12,19,24-27H2,1-2H3,(H,38,41)(H,39,42)/t28-,34+/m1/s1. The molecular formula is C37H41N3O5. The van der Waals surface area contributed by atoms with Crippen molar-refractivity contribution >= 4 is 17.9 Å². The highest BCUT2D eigenvalue weighted by Crippen LogP contribution is 2.17. The fraction of sp³-hybridized carbons (Fsp3) is 0.270. The number of rotatable bonds is 15. The number of carbonyl (C=O) groups is 3. The van der Waals surface area contributed by atoms with Crippen molar-refractivity contribution in [2.45, 2.75) is 51.5 Å². The zero-order valence-electron chi connectivity index (χ0n) is 25.9. The van der Waals surface area contributed by atoms with Crippen LogP contribution in [0.4, 0.5) is 4.79 Å². The third-order valence-corrected chi connectivity index (χ3v) is 7.40. The second-order valence-corrected chi connectivity index (χ2v) is 10.9. The summed E-state index contributed by atoms with van der Waals surface area (Å²) in [6, 6.07) is 35.0. The van der Waals surface area contributed by atoms with E-state index < -0.39 is 24.1 Å². The van der Waals surface area contributed by atoms with E-state index in [9.17, 15) is 14.4 Å². The normalized spacial score (nSPS) is 12.0. The molecule has 0 radical (unpaired) electrons. The molecule has 4 rings (SSSR count). The third kappa shape index (κ3) is 10.8. The number of hydrogen-bond donors (Lipinski definition) is 2. The number of nitrogens with zero attached hydrogens (tertiary/aromatic N) is 1. The van der Waals surface area contributed by atoms with Crippen molar-refractivity contribution in [2.75, 3.05) is 13.6 Å². The maximum absolute atomic E-state index is 13.6. The van der Waals surface area contributed by atoms with E-state index in [0.717, 1.165) is 29.5 Å². The van der Waals surface area contributed by atoms with Gasteiger partial charge in [-0.25, -0.2) is 4.79 Å². The summed E-state index contributed by atoms with van der Waals surface area (Å²) in [5.74, 6) is -0.0494. The summed E-state index contributed by atoms with van der Waals surface area (Å²) in [6.45, 7) is 2.64. The number of ether oxygens (including phenoxy) is 2. The first-order valence-electron chi connectivity index (χ1n) is 15.2. The van der Waals surface area contributed by atoms with Gasteiger partial charge in [0.2, 0.25) is 11.8 Å². The van der Waals surface area contributed by atoms with Gasteiger partial charge in [-0.3, -0.25) is 14.5 Å². The van der Waals surface area contributed by atoms with E-state index in [4.69, 9.17) is 9.47 Å². The molecule has 0 fully saturated rings. The fourth-order valence-electron chi connectivity index (χ4n) is 4.72. The Morgan fingerprint density at radius 2 is 1.24 bits per heavy atom. The number of likely N-dealkylation sites (N-methyl/N-ethyl adjacent to an activating group) is 1. The second kappa shape index (κ2) is 17.3. The summed E-state index contributed by atoms with van der Waals surface area (Å²) in [7, 11) is 1.53. The van der Waals surface area contributed by atoms with Crippen molar-refractivity contribution in [3.63, 3.8) is 0 Å². The zero-order valence-corrected chi connectivity index (χ0v) is 25.9. The van der Waals surface area contributed by atoms with E-state index in [1.54, 1.807) is 6.92 Å². The molecule has 4 aromatic rings. The topological polar surface area (TPSA) is 97.0 Å². The predicted octanol–water partition coefficient (Wildman–Crippen LogP) is 5.70. The average Bonchev–Trinajstić information content (AvgIpc) is 3.08. The number of nitrogens with one attached hydrogen (secondary N) is 2. The Morgan fingerprint density at radius 1 is 0.689 bits per heavy atom. The van der Waals surface area contributed by atoms with Gasteiger partial charge in [-0.05, 0) is 54.2 Å². The van der Waals surface area contributed by atoms with Crippen LogP contribution in [-0.4, -0.2) is 48.5 Å². The Labute approximate surface area is 265 Å². The predicted molar refractivity (Wildman–Crippen MR) is 174 cm³/mol. The summed E-state index contributed by atoms with van der Waals surface area (Å²) in [5.41, 5.74) is 3.92. The molecule has 4 aromatic carbocycles. The number of amides is 3. The molecule has 0 aliphatic rings. The van der Waals surface area contributed by atoms with Crippen LogP contribution in [0.2, 0.25) is 0 Å². The van der Waals surface area contributed by atoms with Crippen LogP contribution in [0.25, 0.3) is 0 Å². The molecule has 0 saturated heterocycles. The molecule has 0 aliphatic carbocycles. The van der Waals surface area contributed by atoms with Crippen LogP contribution in [0.15, 0.2) is 115 Å². The van der Waals surface area contributed by atoms with Gasteiger partial charge in [0, 0.05) is 20.0 Å². The van der Waals surface area contributed by atoms with E-state index in [1.807, 2.05) is 103 Å². The van der Waals surface area contributed by atoms with Crippen molar-refractivity contribution in [3.8, 4) is 5.75 Å². The average molecular weight is 608 g/mol. The van der Waals surface area contributed by atoms with Crippen LogP contribution in [0, 0.1) is 0 Å². The second-order valence-electron chi connectivity index (χ2n) is 10.9. The van der Waals surface area contributed by atoms with Gasteiger partial charge in [0.25, 0.3) is 0 Å². The molecule has 0 saturated carbocycles. The quantitative estimate of drug-likeness (QED) is 0.169. The molecule has 0 aromatic heterocycles. The van der Waals surface area contributed by atoms with Gasteiger partial charge >= 0.3 is 6.09 Å². The lowest BCUT2D eigenvalue weighted by molar-refractivity contribution is -0.131. The molecule has 8 nitrogen and oxygen atoms in total. The smallest absolute Gasteiger partial charge is 0.410 e. The molecule has 0 aliphatic heterocycles. The van der Waals surface area contributed by atoms with Crippen LogP contribution in [0.1, 0.15) is 35.6 Å². The van der Waals surface area contributed by atoms with Crippen LogP contribution >= 0.6 is 0 Å². The molecule has 2 N–H and O–H groups in total. The molecule has 0 bridgehead atoms. The number of carbonyl (C=O) groups excluding carboxylic acids is 3. The lowest BCUT2D eigenvalue weighted by atomic mass is 10.0. The van der Waals surface area contributed by atoms with E-state index in [0.29, 0.717) is 18.9 Å². The number of hydrogen-bond acceptors (Lipinski definition) is 5. The van der Waals surface area contributed by atoms with E-state index >= 15 is 0 Å². The van der Waals surface area contributed by atoms with Gasteiger partial charge in [-0.1, -0.05) is 103 Å². The largest absolute Gasteiger partial charge is 0.489 e. The van der Waals surface area contributed by atoms with Gasteiger partial charge < -0.3 is 20.1 Å². The van der Waals surface area contributed by atoms with Crippen molar-refractivity contribution in [1.82, 2.24) is 15.5 Å². The van der Waals surface area contributed by atoms with Crippen LogP contribution in [0.3, 0.4) is 0 Å². The lowest BCUT2D eigenvalue weighted by Gasteiger charge is -2.28. The van der Waals surface area contributed by atoms with Crippen molar-refractivity contribution in [3.05, 3.63) is 138 Å². The minimum atomic E-state index is -0.919. The van der Waals surface area contributed by atoms with Crippen LogP contribution in [-0.2, 0) is 40.4 Å². The maximum atomic E-state index is 13.6. The van der Waals surface area contributed by atoms with E-state index in [1.165, 1.54) is 17.5 Å². The van der Waals surface area contributed by atoms with E-state index in [-0.39, 0.29) is 18.9 Å². The Bertz CT molecular complexity index is 1480. The van der Waals surface area contributed by atoms with Gasteiger partial charge in [0.05, 0.1) is 0 Å². The Kier molecular flexibility index (Phi) is 12.6. The SMILES string of the molecule is C[C@@H](NC(=O)[C@H](Cc1ccc(OCc2ccccc2)cc1)N(C)C(=O)OCc1ccccc1)C(=O)NCCCc1ccccc1. The number of aryl methyl sites for hydroxylation is 1. The summed E-state index contributed by atoms with van der Waals surface area (Å²) in [6.07, 6.45) is 1.20. The summed E-state index contributed by atoms with van der Waals surface area (Å²) in [4.78, 5) is 40.7. The monoisotopic (exact) mass is 607 g/mol. The molecule has 234 valence electrons. The molecule has 45 heavy (non-hydrogen) atoms. The minimum Gasteiger partial charge on any atom is -0.489 e. The Hall–Kier alpha value is -5.11. The highest BCUT2D eigenvalue weighted by Gasteiger charge is 2.30. The van der Waals surface area contributed by atoms with Crippen molar-refractivity contribution in [2.24, 2.45) is 0 Å². The fourth-order valence-corrected chi connectivity index (χ4v) is 4.72. The minimum absolute atomic E-state index is 0.0770. The molecule has 0 unspecified atom stereocenters. The highest BCUT2D eigenvalue weighted by molar-refractivity contribution is 5.91. The molecule has 0 spiro atoms. The summed E-state index contributed by atoms with van der Waals surface area (Å²) in [5, 5.41) is 5.69. The van der Waals surface area contributed by atoms with Gasteiger partial charge in [0.1, 0.15) is 31.0 Å². The summed E-state index contributed by atoms with van der Waals surface area (Å²) < 4.78 is 11.4. The first-order valence-corrected chi connectivity index (χ1v) is 15.2. The number of benzene rings is 4.